The number of hydrogen-bond donors (Lipinski definition) is 1. The monoisotopic (exact) mass is 287 g/mol. The third-order valence-electron chi connectivity index (χ3n) is 2.17. The maximum Gasteiger partial charge on any atom is 0.147 e. The zero-order chi connectivity index (χ0) is 12.3. The van der Waals surface area contributed by atoms with Crippen LogP contribution in [-0.2, 0) is 6.42 Å². The molecule has 0 aliphatic rings. The molecule has 6 heteroatoms. The van der Waals surface area contributed by atoms with Crippen molar-refractivity contribution in [2.75, 3.05) is 13.6 Å². The topological polar surface area (TPSA) is 37.8 Å². The number of hydrogen-bond acceptors (Lipinski definition) is 4. The molecule has 0 bridgehead atoms. The quantitative estimate of drug-likeness (QED) is 0.938. The molecule has 2 rings (SSSR count). The second kappa shape index (κ2) is 5.78. The van der Waals surface area contributed by atoms with Crippen molar-refractivity contribution in [3.05, 3.63) is 33.3 Å². The highest BCUT2D eigenvalue weighted by molar-refractivity contribution is 7.14. The third kappa shape index (κ3) is 3.39. The first-order valence-electron chi connectivity index (χ1n) is 5.12. The summed E-state index contributed by atoms with van der Waals surface area (Å²) in [4.78, 5) is 0. The summed E-state index contributed by atoms with van der Waals surface area (Å²) in [5.41, 5.74) is 0.913. The van der Waals surface area contributed by atoms with E-state index in [0.717, 1.165) is 28.5 Å². The van der Waals surface area contributed by atoms with E-state index in [1.807, 2.05) is 19.2 Å². The number of rotatable bonds is 4. The van der Waals surface area contributed by atoms with Crippen LogP contribution in [0, 0.1) is 0 Å². The van der Waals surface area contributed by atoms with Gasteiger partial charge in [-0.1, -0.05) is 34.5 Å². The van der Waals surface area contributed by atoms with Crippen molar-refractivity contribution >= 4 is 34.5 Å². The molecule has 0 saturated heterocycles. The number of benzene rings is 1. The Kier molecular flexibility index (Phi) is 4.34. The molecule has 0 spiro atoms. The summed E-state index contributed by atoms with van der Waals surface area (Å²) in [5, 5.41) is 14.4. The lowest BCUT2D eigenvalue weighted by molar-refractivity contribution is 0.779. The molecule has 1 N–H and O–H groups in total. The maximum atomic E-state index is 5.95. The van der Waals surface area contributed by atoms with E-state index in [2.05, 4.69) is 15.5 Å². The molecule has 2 aromatic rings. The van der Waals surface area contributed by atoms with Crippen LogP contribution in [0.4, 0.5) is 0 Å². The molecule has 90 valence electrons. The fraction of sp³-hybridized carbons (Fsp3) is 0.273. The minimum atomic E-state index is 0.611. The molecule has 3 nitrogen and oxygen atoms in total. The van der Waals surface area contributed by atoms with Gasteiger partial charge in [0.2, 0.25) is 0 Å². The molecular weight excluding hydrogens is 277 g/mol. The number of aromatic nitrogens is 2. The Bertz CT molecular complexity index is 493. The fourth-order valence-corrected chi connectivity index (χ4v) is 2.73. The van der Waals surface area contributed by atoms with Crippen molar-refractivity contribution < 1.29 is 0 Å². The fourth-order valence-electron chi connectivity index (χ4n) is 1.38. The molecule has 17 heavy (non-hydrogen) atoms. The molecule has 1 aromatic carbocycles. The van der Waals surface area contributed by atoms with Gasteiger partial charge in [-0.3, -0.25) is 0 Å². The van der Waals surface area contributed by atoms with Gasteiger partial charge in [0.15, 0.2) is 0 Å². The van der Waals surface area contributed by atoms with Gasteiger partial charge in [0.05, 0.1) is 0 Å². The first kappa shape index (κ1) is 12.8. The second-order valence-corrected chi connectivity index (χ2v) is 5.45. The largest absolute Gasteiger partial charge is 0.319 e. The van der Waals surface area contributed by atoms with Gasteiger partial charge in [-0.05, 0) is 25.2 Å². The molecule has 1 heterocycles. The van der Waals surface area contributed by atoms with Gasteiger partial charge in [0.1, 0.15) is 10.0 Å². The molecule has 0 unspecified atom stereocenters. The van der Waals surface area contributed by atoms with Crippen LogP contribution in [0.25, 0.3) is 10.6 Å². The Hall–Kier alpha value is -0.680. The van der Waals surface area contributed by atoms with Crippen LogP contribution in [-0.4, -0.2) is 23.8 Å². The minimum Gasteiger partial charge on any atom is -0.319 e. The molecule has 1 aromatic heterocycles. The summed E-state index contributed by atoms with van der Waals surface area (Å²) in [5.74, 6) is 0. The van der Waals surface area contributed by atoms with E-state index < -0.39 is 0 Å². The Morgan fingerprint density at radius 1 is 1.18 bits per heavy atom. The van der Waals surface area contributed by atoms with Crippen LogP contribution in [0.3, 0.4) is 0 Å². The zero-order valence-corrected chi connectivity index (χ0v) is 11.5. The van der Waals surface area contributed by atoms with Gasteiger partial charge in [-0.15, -0.1) is 10.2 Å². The Labute approximate surface area is 114 Å². The summed E-state index contributed by atoms with van der Waals surface area (Å²) in [6, 6.07) is 5.39. The van der Waals surface area contributed by atoms with E-state index in [1.54, 1.807) is 17.4 Å². The number of halogens is 2. The number of nitrogens with one attached hydrogen (secondary N) is 1. The molecule has 0 aliphatic heterocycles. The van der Waals surface area contributed by atoms with E-state index in [-0.39, 0.29) is 0 Å². The Morgan fingerprint density at radius 3 is 2.53 bits per heavy atom. The number of nitrogens with zero attached hydrogens (tertiary/aromatic N) is 2. The maximum absolute atomic E-state index is 5.95. The average molecular weight is 288 g/mol. The van der Waals surface area contributed by atoms with Crippen molar-refractivity contribution in [3.8, 4) is 10.6 Å². The average Bonchev–Trinajstić information content (AvgIpc) is 2.73. The highest BCUT2D eigenvalue weighted by atomic mass is 35.5. The van der Waals surface area contributed by atoms with Crippen molar-refractivity contribution in [1.82, 2.24) is 15.5 Å². The van der Waals surface area contributed by atoms with Crippen LogP contribution in [0.2, 0.25) is 10.0 Å². The number of likely N-dealkylation sites (N-methyl/N-ethyl adjacent to an activating group) is 1. The molecule has 0 atom stereocenters. The summed E-state index contributed by atoms with van der Waals surface area (Å²) >= 11 is 13.5. The molecule has 0 radical (unpaired) electrons. The normalized spacial score (nSPS) is 10.8. The van der Waals surface area contributed by atoms with Crippen LogP contribution in [0.5, 0.6) is 0 Å². The van der Waals surface area contributed by atoms with Gasteiger partial charge in [0, 0.05) is 28.6 Å². The lowest BCUT2D eigenvalue weighted by Crippen LogP contribution is -2.09. The van der Waals surface area contributed by atoms with Gasteiger partial charge in [-0.25, -0.2) is 0 Å². The van der Waals surface area contributed by atoms with E-state index in [9.17, 15) is 0 Å². The summed E-state index contributed by atoms with van der Waals surface area (Å²) in [7, 11) is 1.92. The van der Waals surface area contributed by atoms with Gasteiger partial charge in [0.25, 0.3) is 0 Å². The van der Waals surface area contributed by atoms with Crippen LogP contribution >= 0.6 is 34.5 Å². The van der Waals surface area contributed by atoms with Crippen molar-refractivity contribution in [2.45, 2.75) is 6.42 Å². The lowest BCUT2D eigenvalue weighted by atomic mass is 10.2. The predicted molar refractivity (Wildman–Crippen MR) is 73.0 cm³/mol. The predicted octanol–water partition coefficient (Wildman–Crippen LogP) is 3.27. The first-order valence-corrected chi connectivity index (χ1v) is 6.70. The van der Waals surface area contributed by atoms with Gasteiger partial charge < -0.3 is 5.32 Å². The third-order valence-corrected chi connectivity index (χ3v) is 3.63. The van der Waals surface area contributed by atoms with Gasteiger partial charge >= 0.3 is 0 Å². The Morgan fingerprint density at radius 2 is 1.88 bits per heavy atom. The summed E-state index contributed by atoms with van der Waals surface area (Å²) < 4.78 is 0. The first-order chi connectivity index (χ1) is 8.19. The summed E-state index contributed by atoms with van der Waals surface area (Å²) in [6.45, 7) is 0.894. The van der Waals surface area contributed by atoms with Crippen molar-refractivity contribution in [1.29, 1.82) is 0 Å². The Balaban J connectivity index is 2.24. The van der Waals surface area contributed by atoms with Crippen molar-refractivity contribution in [3.63, 3.8) is 0 Å². The van der Waals surface area contributed by atoms with E-state index in [0.29, 0.717) is 10.0 Å². The highest BCUT2D eigenvalue weighted by Crippen LogP contribution is 2.29. The second-order valence-electron chi connectivity index (χ2n) is 3.51. The van der Waals surface area contributed by atoms with Crippen LogP contribution in [0.1, 0.15) is 5.01 Å². The van der Waals surface area contributed by atoms with Crippen LogP contribution in [0.15, 0.2) is 18.2 Å². The van der Waals surface area contributed by atoms with Crippen molar-refractivity contribution in [2.24, 2.45) is 0 Å². The van der Waals surface area contributed by atoms with Gasteiger partial charge in [-0.2, -0.15) is 0 Å². The standard InChI is InChI=1S/C11H11Cl2N3S/c1-14-3-2-10-15-16-11(17-10)7-4-8(12)6-9(13)5-7/h4-6,14H,2-3H2,1H3. The molecule has 0 amide bonds. The smallest absolute Gasteiger partial charge is 0.147 e. The van der Waals surface area contributed by atoms with E-state index >= 15 is 0 Å². The molecule has 0 saturated carbocycles. The zero-order valence-electron chi connectivity index (χ0n) is 9.20. The van der Waals surface area contributed by atoms with E-state index in [1.165, 1.54) is 0 Å². The lowest BCUT2D eigenvalue weighted by Gasteiger charge is -1.97. The highest BCUT2D eigenvalue weighted by Gasteiger charge is 2.08. The van der Waals surface area contributed by atoms with Crippen LogP contribution < -0.4 is 5.32 Å². The SMILES string of the molecule is CNCCc1nnc(-c2cc(Cl)cc(Cl)c2)s1. The van der Waals surface area contributed by atoms with E-state index in [4.69, 9.17) is 23.2 Å². The molecular formula is C11H11Cl2N3S. The molecule has 0 aliphatic carbocycles. The summed E-state index contributed by atoms with van der Waals surface area (Å²) in [6.07, 6.45) is 0.877. The minimum absolute atomic E-state index is 0.611. The molecule has 0 fully saturated rings.